The van der Waals surface area contributed by atoms with Gasteiger partial charge in [-0.3, -0.25) is 4.79 Å². The number of carbonyl (C=O) groups excluding carboxylic acids is 2. The van der Waals surface area contributed by atoms with E-state index in [4.69, 9.17) is 9.47 Å². The molecule has 0 bridgehead atoms. The molecular weight excluding hydrogens is 280 g/mol. The maximum atomic E-state index is 12.2. The topological polar surface area (TPSA) is 52.6 Å². The van der Waals surface area contributed by atoms with Crippen LogP contribution in [0.25, 0.3) is 0 Å². The Morgan fingerprint density at radius 1 is 1.00 bits per heavy atom. The molecule has 2 aromatic carbocycles. The molecule has 4 nitrogen and oxygen atoms in total. The number of ketones is 1. The lowest BCUT2D eigenvalue weighted by atomic mass is 10.1. The summed E-state index contributed by atoms with van der Waals surface area (Å²) in [7, 11) is 1.48. The molecule has 0 spiro atoms. The molecule has 0 saturated carbocycles. The molecule has 114 valence electrons. The number of carbonyl (C=O) groups is 2. The Morgan fingerprint density at radius 2 is 1.73 bits per heavy atom. The molecule has 0 atom stereocenters. The van der Waals surface area contributed by atoms with Crippen LogP contribution in [0.5, 0.6) is 11.5 Å². The van der Waals surface area contributed by atoms with Crippen molar-refractivity contribution in [2.75, 3.05) is 7.11 Å². The van der Waals surface area contributed by atoms with Gasteiger partial charge in [0.1, 0.15) is 0 Å². The number of benzene rings is 2. The predicted molar refractivity (Wildman–Crippen MR) is 83.6 cm³/mol. The fourth-order valence-corrected chi connectivity index (χ4v) is 2.09. The fourth-order valence-electron chi connectivity index (χ4n) is 2.09. The van der Waals surface area contributed by atoms with Gasteiger partial charge in [0, 0.05) is 6.42 Å². The first-order valence-corrected chi connectivity index (χ1v) is 7.14. The summed E-state index contributed by atoms with van der Waals surface area (Å²) in [5.41, 5.74) is 0.785. The number of Topliss-reactive ketones (excluding diaryl/α,β-unsaturated/α-hetero) is 1. The molecule has 0 aliphatic carbocycles. The van der Waals surface area contributed by atoms with E-state index in [0.717, 1.165) is 6.42 Å². The van der Waals surface area contributed by atoms with Crippen LogP contribution in [0, 0.1) is 0 Å². The summed E-state index contributed by atoms with van der Waals surface area (Å²) in [6, 6.07) is 13.7. The fraction of sp³-hybridized carbons (Fsp3) is 0.222. The first-order chi connectivity index (χ1) is 10.7. The highest BCUT2D eigenvalue weighted by molar-refractivity contribution is 6.01. The Labute approximate surface area is 129 Å². The third-order valence-corrected chi connectivity index (χ3v) is 3.18. The number of hydrogen-bond donors (Lipinski definition) is 0. The molecule has 0 aliphatic rings. The lowest BCUT2D eigenvalue weighted by Gasteiger charge is -2.13. The van der Waals surface area contributed by atoms with Crippen molar-refractivity contribution in [1.82, 2.24) is 0 Å². The largest absolute Gasteiger partial charge is 0.493 e. The van der Waals surface area contributed by atoms with Crippen molar-refractivity contribution in [2.24, 2.45) is 0 Å². The molecule has 4 heteroatoms. The van der Waals surface area contributed by atoms with E-state index >= 15 is 0 Å². The van der Waals surface area contributed by atoms with Crippen molar-refractivity contribution < 1.29 is 19.1 Å². The molecule has 22 heavy (non-hydrogen) atoms. The number of para-hydroxylation sites is 1. The van der Waals surface area contributed by atoms with Crippen LogP contribution in [0.1, 0.15) is 40.5 Å². The second-order valence-corrected chi connectivity index (χ2v) is 4.77. The zero-order chi connectivity index (χ0) is 15.9. The van der Waals surface area contributed by atoms with Gasteiger partial charge in [0.05, 0.1) is 18.2 Å². The Hall–Kier alpha value is -2.62. The predicted octanol–water partition coefficient (Wildman–Crippen LogP) is 3.90. The van der Waals surface area contributed by atoms with Crippen molar-refractivity contribution in [2.45, 2.75) is 19.8 Å². The van der Waals surface area contributed by atoms with Gasteiger partial charge < -0.3 is 9.47 Å². The van der Waals surface area contributed by atoms with Gasteiger partial charge in [-0.05, 0) is 30.7 Å². The van der Waals surface area contributed by atoms with Crippen LogP contribution in [0.4, 0.5) is 0 Å². The Kier molecular flexibility index (Phi) is 5.31. The molecule has 2 rings (SSSR count). The number of hydrogen-bond acceptors (Lipinski definition) is 4. The van der Waals surface area contributed by atoms with E-state index in [-0.39, 0.29) is 11.5 Å². The average molecular weight is 298 g/mol. The van der Waals surface area contributed by atoms with Gasteiger partial charge in [-0.25, -0.2) is 4.79 Å². The van der Waals surface area contributed by atoms with E-state index in [1.54, 1.807) is 42.5 Å². The summed E-state index contributed by atoms with van der Waals surface area (Å²) in [5, 5.41) is 0. The molecular formula is C18H18O4. The normalized spacial score (nSPS) is 10.1. The summed E-state index contributed by atoms with van der Waals surface area (Å²) in [4.78, 5) is 24.4. The van der Waals surface area contributed by atoms with Gasteiger partial charge in [-0.2, -0.15) is 0 Å². The first kappa shape index (κ1) is 15.8. The Balaban J connectivity index is 2.36. The maximum absolute atomic E-state index is 12.2. The van der Waals surface area contributed by atoms with Crippen molar-refractivity contribution >= 4 is 11.8 Å². The monoisotopic (exact) mass is 298 g/mol. The highest BCUT2D eigenvalue weighted by Crippen LogP contribution is 2.32. The van der Waals surface area contributed by atoms with Crippen molar-refractivity contribution in [3.8, 4) is 11.5 Å². The second kappa shape index (κ2) is 7.41. The standard InChI is InChI=1S/C18H18O4/c1-3-8-15(19)14-11-7-12-16(21-2)17(14)22-18(20)13-9-5-4-6-10-13/h4-7,9-12H,3,8H2,1-2H3. The van der Waals surface area contributed by atoms with Crippen molar-refractivity contribution in [3.63, 3.8) is 0 Å². The number of ether oxygens (including phenoxy) is 2. The van der Waals surface area contributed by atoms with Crippen molar-refractivity contribution in [1.29, 1.82) is 0 Å². The molecule has 2 aromatic rings. The lowest BCUT2D eigenvalue weighted by Crippen LogP contribution is -2.12. The third kappa shape index (κ3) is 3.52. The molecule has 0 aromatic heterocycles. The zero-order valence-corrected chi connectivity index (χ0v) is 12.7. The molecule has 0 unspecified atom stereocenters. The quantitative estimate of drug-likeness (QED) is 0.461. The molecule has 0 aliphatic heterocycles. The van der Waals surface area contributed by atoms with Crippen LogP contribution in [0.15, 0.2) is 48.5 Å². The summed E-state index contributed by atoms with van der Waals surface area (Å²) in [6.07, 6.45) is 1.12. The van der Waals surface area contributed by atoms with Crippen LogP contribution in [-0.2, 0) is 0 Å². The molecule has 0 N–H and O–H groups in total. The smallest absolute Gasteiger partial charge is 0.343 e. The summed E-state index contributed by atoms with van der Waals surface area (Å²) in [6.45, 7) is 1.92. The van der Waals surface area contributed by atoms with Gasteiger partial charge in [0.25, 0.3) is 0 Å². The van der Waals surface area contributed by atoms with Crippen LogP contribution in [0.3, 0.4) is 0 Å². The van der Waals surface area contributed by atoms with E-state index in [1.807, 2.05) is 13.0 Å². The molecule has 0 amide bonds. The van der Waals surface area contributed by atoms with E-state index in [1.165, 1.54) is 7.11 Å². The van der Waals surface area contributed by atoms with E-state index in [9.17, 15) is 9.59 Å². The highest BCUT2D eigenvalue weighted by Gasteiger charge is 2.20. The van der Waals surface area contributed by atoms with Gasteiger partial charge in [-0.1, -0.05) is 31.2 Å². The number of rotatable bonds is 6. The number of esters is 1. The molecule has 0 heterocycles. The van der Waals surface area contributed by atoms with Crippen LogP contribution >= 0.6 is 0 Å². The minimum absolute atomic E-state index is 0.0720. The van der Waals surface area contributed by atoms with Crippen LogP contribution < -0.4 is 9.47 Å². The molecule has 0 radical (unpaired) electrons. The molecule has 0 saturated heterocycles. The summed E-state index contributed by atoms with van der Waals surface area (Å²) >= 11 is 0. The molecule has 0 fully saturated rings. The Morgan fingerprint density at radius 3 is 2.36 bits per heavy atom. The lowest BCUT2D eigenvalue weighted by molar-refractivity contribution is 0.0727. The average Bonchev–Trinajstić information content (AvgIpc) is 2.56. The van der Waals surface area contributed by atoms with Crippen LogP contribution in [0.2, 0.25) is 0 Å². The van der Waals surface area contributed by atoms with Crippen LogP contribution in [-0.4, -0.2) is 18.9 Å². The first-order valence-electron chi connectivity index (χ1n) is 7.14. The minimum atomic E-state index is -0.518. The second-order valence-electron chi connectivity index (χ2n) is 4.77. The third-order valence-electron chi connectivity index (χ3n) is 3.18. The van der Waals surface area contributed by atoms with Crippen molar-refractivity contribution in [3.05, 3.63) is 59.7 Å². The minimum Gasteiger partial charge on any atom is -0.493 e. The number of methoxy groups -OCH3 is 1. The maximum Gasteiger partial charge on any atom is 0.343 e. The van der Waals surface area contributed by atoms with Gasteiger partial charge in [0.2, 0.25) is 0 Å². The van der Waals surface area contributed by atoms with Gasteiger partial charge in [0.15, 0.2) is 17.3 Å². The summed E-state index contributed by atoms with van der Waals surface area (Å²) < 4.78 is 10.7. The van der Waals surface area contributed by atoms with E-state index in [0.29, 0.717) is 23.3 Å². The van der Waals surface area contributed by atoms with E-state index < -0.39 is 5.97 Å². The summed E-state index contributed by atoms with van der Waals surface area (Å²) in [5.74, 6) is -0.0450. The van der Waals surface area contributed by atoms with Gasteiger partial charge in [-0.15, -0.1) is 0 Å². The van der Waals surface area contributed by atoms with Gasteiger partial charge >= 0.3 is 5.97 Å². The zero-order valence-electron chi connectivity index (χ0n) is 12.7. The van der Waals surface area contributed by atoms with E-state index in [2.05, 4.69) is 0 Å². The highest BCUT2D eigenvalue weighted by atomic mass is 16.6. The SMILES string of the molecule is CCCC(=O)c1cccc(OC)c1OC(=O)c1ccccc1. The Bertz CT molecular complexity index is 662.